The van der Waals surface area contributed by atoms with Crippen LogP contribution in [0.1, 0.15) is 11.1 Å². The maximum absolute atomic E-state index is 9.11. The fourth-order valence-corrected chi connectivity index (χ4v) is 2.00. The normalized spacial score (nSPS) is 9.83. The molecule has 0 saturated carbocycles. The van der Waals surface area contributed by atoms with Crippen LogP contribution < -0.4 is 10.5 Å². The second-order valence-corrected chi connectivity index (χ2v) is 4.67. The second kappa shape index (κ2) is 5.11. The largest absolute Gasteiger partial charge is 0.454 e. The molecule has 0 bridgehead atoms. The Labute approximate surface area is 114 Å². The van der Waals surface area contributed by atoms with Crippen LogP contribution in [0, 0.1) is 18.3 Å². The molecule has 0 fully saturated rings. The first kappa shape index (κ1) is 12.5. The number of hydrogen-bond acceptors (Lipinski definition) is 3. The van der Waals surface area contributed by atoms with E-state index in [4.69, 9.17) is 15.7 Å². The van der Waals surface area contributed by atoms with E-state index in [-0.39, 0.29) is 0 Å². The van der Waals surface area contributed by atoms with Gasteiger partial charge < -0.3 is 10.5 Å². The molecule has 0 heterocycles. The third kappa shape index (κ3) is 2.31. The SMILES string of the molecule is Cc1cccc(Oc2cccc(Br)c2C#N)c1N. The van der Waals surface area contributed by atoms with Crippen molar-refractivity contribution in [3.63, 3.8) is 0 Å². The Bertz CT molecular complexity index is 632. The summed E-state index contributed by atoms with van der Waals surface area (Å²) in [5.41, 5.74) is 7.93. The standard InChI is InChI=1S/C14H11BrN2O/c1-9-4-2-7-13(14(9)17)18-12-6-3-5-11(15)10(12)8-16/h2-7H,17H2,1H3. The first-order valence-electron chi connectivity index (χ1n) is 5.35. The predicted molar refractivity (Wildman–Crippen MR) is 74.5 cm³/mol. The van der Waals surface area contributed by atoms with Crippen molar-refractivity contribution in [2.45, 2.75) is 6.92 Å². The van der Waals surface area contributed by atoms with Gasteiger partial charge in [-0.2, -0.15) is 5.26 Å². The molecular formula is C14H11BrN2O. The van der Waals surface area contributed by atoms with Gasteiger partial charge in [-0.3, -0.25) is 0 Å². The highest BCUT2D eigenvalue weighted by Crippen LogP contribution is 2.33. The van der Waals surface area contributed by atoms with Crippen LogP contribution in [0.4, 0.5) is 5.69 Å². The third-order valence-electron chi connectivity index (χ3n) is 2.59. The molecule has 0 unspecified atom stereocenters. The molecule has 0 aliphatic heterocycles. The number of halogens is 1. The van der Waals surface area contributed by atoms with Crippen LogP contribution >= 0.6 is 15.9 Å². The van der Waals surface area contributed by atoms with Crippen LogP contribution in [-0.2, 0) is 0 Å². The van der Waals surface area contributed by atoms with E-state index in [2.05, 4.69) is 22.0 Å². The number of aryl methyl sites for hydroxylation is 1. The Hall–Kier alpha value is -1.99. The van der Waals surface area contributed by atoms with Crippen LogP contribution in [0.15, 0.2) is 40.9 Å². The zero-order valence-electron chi connectivity index (χ0n) is 9.77. The lowest BCUT2D eigenvalue weighted by Crippen LogP contribution is -1.96. The average molecular weight is 303 g/mol. The minimum atomic E-state index is 0.457. The maximum Gasteiger partial charge on any atom is 0.150 e. The molecule has 4 heteroatoms. The lowest BCUT2D eigenvalue weighted by molar-refractivity contribution is 0.483. The van der Waals surface area contributed by atoms with E-state index >= 15 is 0 Å². The molecule has 2 aromatic rings. The van der Waals surface area contributed by atoms with E-state index in [1.165, 1.54) is 0 Å². The highest BCUT2D eigenvalue weighted by molar-refractivity contribution is 9.10. The lowest BCUT2D eigenvalue weighted by Gasteiger charge is -2.11. The highest BCUT2D eigenvalue weighted by Gasteiger charge is 2.10. The van der Waals surface area contributed by atoms with Gasteiger partial charge in [0, 0.05) is 4.47 Å². The average Bonchev–Trinajstić information content (AvgIpc) is 2.35. The minimum Gasteiger partial charge on any atom is -0.454 e. The van der Waals surface area contributed by atoms with Gasteiger partial charge in [0.2, 0.25) is 0 Å². The van der Waals surface area contributed by atoms with Crippen LogP contribution in [0.2, 0.25) is 0 Å². The van der Waals surface area contributed by atoms with E-state index in [9.17, 15) is 0 Å². The van der Waals surface area contributed by atoms with Crippen molar-refractivity contribution in [3.05, 3.63) is 52.0 Å². The summed E-state index contributed by atoms with van der Waals surface area (Å²) in [6, 6.07) is 13.0. The molecule has 2 rings (SSSR count). The van der Waals surface area contributed by atoms with Gasteiger partial charge in [0.15, 0.2) is 5.75 Å². The number of nitrogens with two attached hydrogens (primary N) is 1. The summed E-state index contributed by atoms with van der Waals surface area (Å²) in [4.78, 5) is 0. The molecule has 2 N–H and O–H groups in total. The second-order valence-electron chi connectivity index (χ2n) is 3.81. The van der Waals surface area contributed by atoms with E-state index in [1.807, 2.05) is 25.1 Å². The molecule has 18 heavy (non-hydrogen) atoms. The quantitative estimate of drug-likeness (QED) is 0.853. The maximum atomic E-state index is 9.11. The Morgan fingerprint density at radius 3 is 2.56 bits per heavy atom. The molecule has 0 aliphatic rings. The minimum absolute atomic E-state index is 0.457. The molecule has 2 aromatic carbocycles. The van der Waals surface area contributed by atoms with Crippen molar-refractivity contribution in [1.82, 2.24) is 0 Å². The Kier molecular flexibility index (Phi) is 3.54. The summed E-state index contributed by atoms with van der Waals surface area (Å²) in [7, 11) is 0. The number of ether oxygens (including phenoxy) is 1. The Morgan fingerprint density at radius 1 is 1.17 bits per heavy atom. The van der Waals surface area contributed by atoms with Gasteiger partial charge >= 0.3 is 0 Å². The van der Waals surface area contributed by atoms with Crippen LogP contribution in [-0.4, -0.2) is 0 Å². The van der Waals surface area contributed by atoms with E-state index in [0.29, 0.717) is 27.2 Å². The third-order valence-corrected chi connectivity index (χ3v) is 3.25. The van der Waals surface area contributed by atoms with E-state index < -0.39 is 0 Å². The number of para-hydroxylation sites is 1. The molecular weight excluding hydrogens is 292 g/mol. The van der Waals surface area contributed by atoms with Crippen molar-refractivity contribution in [2.24, 2.45) is 0 Å². The van der Waals surface area contributed by atoms with Gasteiger partial charge in [0.25, 0.3) is 0 Å². The summed E-state index contributed by atoms with van der Waals surface area (Å²) in [6.45, 7) is 1.91. The molecule has 0 amide bonds. The van der Waals surface area contributed by atoms with Gasteiger partial charge in [0.05, 0.1) is 5.69 Å². The summed E-state index contributed by atoms with van der Waals surface area (Å²) in [6.07, 6.45) is 0. The zero-order valence-corrected chi connectivity index (χ0v) is 11.4. The monoisotopic (exact) mass is 302 g/mol. The van der Waals surface area contributed by atoms with Crippen LogP contribution in [0.3, 0.4) is 0 Å². The topological polar surface area (TPSA) is 59.0 Å². The Balaban J connectivity index is 2.44. The lowest BCUT2D eigenvalue weighted by atomic mass is 10.2. The van der Waals surface area contributed by atoms with Crippen molar-refractivity contribution in [1.29, 1.82) is 5.26 Å². The van der Waals surface area contributed by atoms with E-state index in [0.717, 1.165) is 5.56 Å². The summed E-state index contributed by atoms with van der Waals surface area (Å²) in [5.74, 6) is 1.05. The molecule has 0 saturated heterocycles. The number of nitriles is 1. The number of nitrogens with zero attached hydrogens (tertiary/aromatic N) is 1. The van der Waals surface area contributed by atoms with Crippen molar-refractivity contribution < 1.29 is 4.74 Å². The summed E-state index contributed by atoms with van der Waals surface area (Å²) >= 11 is 3.32. The van der Waals surface area contributed by atoms with E-state index in [1.54, 1.807) is 18.2 Å². The number of benzene rings is 2. The van der Waals surface area contributed by atoms with Crippen molar-refractivity contribution in [2.75, 3.05) is 5.73 Å². The number of hydrogen-bond donors (Lipinski definition) is 1. The smallest absolute Gasteiger partial charge is 0.150 e. The van der Waals surface area contributed by atoms with Gasteiger partial charge in [-0.25, -0.2) is 0 Å². The zero-order chi connectivity index (χ0) is 13.1. The number of nitrogen functional groups attached to an aromatic ring is 1. The van der Waals surface area contributed by atoms with Crippen LogP contribution in [0.5, 0.6) is 11.5 Å². The number of anilines is 1. The van der Waals surface area contributed by atoms with Crippen LogP contribution in [0.25, 0.3) is 0 Å². The summed E-state index contributed by atoms with van der Waals surface area (Å²) in [5, 5.41) is 9.11. The molecule has 0 aromatic heterocycles. The molecule has 0 spiro atoms. The number of rotatable bonds is 2. The molecule has 90 valence electrons. The van der Waals surface area contributed by atoms with Gasteiger partial charge in [0.1, 0.15) is 17.4 Å². The molecule has 0 radical (unpaired) electrons. The van der Waals surface area contributed by atoms with Gasteiger partial charge in [-0.05, 0) is 46.6 Å². The molecule has 0 aliphatic carbocycles. The first-order valence-corrected chi connectivity index (χ1v) is 6.14. The highest BCUT2D eigenvalue weighted by atomic mass is 79.9. The first-order chi connectivity index (χ1) is 8.63. The summed E-state index contributed by atoms with van der Waals surface area (Å²) < 4.78 is 6.42. The molecule has 3 nitrogen and oxygen atoms in total. The molecule has 0 atom stereocenters. The fourth-order valence-electron chi connectivity index (χ4n) is 1.56. The fraction of sp³-hybridized carbons (Fsp3) is 0.0714. The van der Waals surface area contributed by atoms with Crippen molar-refractivity contribution in [3.8, 4) is 17.6 Å². The van der Waals surface area contributed by atoms with Crippen molar-refractivity contribution >= 4 is 21.6 Å². The Morgan fingerprint density at radius 2 is 1.83 bits per heavy atom. The predicted octanol–water partition coefficient (Wildman–Crippen LogP) is 4.00. The van der Waals surface area contributed by atoms with Gasteiger partial charge in [-0.1, -0.05) is 18.2 Å². The van der Waals surface area contributed by atoms with Gasteiger partial charge in [-0.15, -0.1) is 0 Å².